The number of hydrogen-bond acceptors (Lipinski definition) is 3. The monoisotopic (exact) mass is 352 g/mol. The third kappa shape index (κ3) is 3.05. The third-order valence-electron chi connectivity index (χ3n) is 6.16. The minimum atomic E-state index is 0.0781. The van der Waals surface area contributed by atoms with E-state index in [0.717, 1.165) is 25.9 Å². The van der Waals surface area contributed by atoms with Gasteiger partial charge in [-0.1, -0.05) is 36.8 Å². The molecule has 0 unspecified atom stereocenters. The van der Waals surface area contributed by atoms with Gasteiger partial charge in [0.15, 0.2) is 5.82 Å². The number of nitrogens with zero attached hydrogens (tertiary/aromatic N) is 4. The highest BCUT2D eigenvalue weighted by atomic mass is 16.2. The topological polar surface area (TPSA) is 41.4 Å². The summed E-state index contributed by atoms with van der Waals surface area (Å²) >= 11 is 0. The summed E-state index contributed by atoms with van der Waals surface area (Å²) in [6.45, 7) is 1.91. The number of likely N-dealkylation sites (tertiary alicyclic amines) is 2. The Bertz CT molecular complexity index is 756. The average molecular weight is 352 g/mol. The number of likely N-dealkylation sites (N-methyl/N-ethyl adjacent to an activating group) is 1. The van der Waals surface area contributed by atoms with Gasteiger partial charge in [-0.3, -0.25) is 4.79 Å². The van der Waals surface area contributed by atoms with E-state index in [0.29, 0.717) is 17.8 Å². The number of aryl methyl sites for hydroxylation is 1. The lowest BCUT2D eigenvalue weighted by Crippen LogP contribution is -2.58. The lowest BCUT2D eigenvalue weighted by atomic mass is 9.79. The number of imidazole rings is 1. The van der Waals surface area contributed by atoms with Crippen molar-refractivity contribution < 1.29 is 4.79 Å². The summed E-state index contributed by atoms with van der Waals surface area (Å²) < 4.78 is 1.83. The van der Waals surface area contributed by atoms with Crippen LogP contribution in [0.4, 0.5) is 0 Å². The predicted molar refractivity (Wildman–Crippen MR) is 102 cm³/mol. The molecule has 0 spiro atoms. The van der Waals surface area contributed by atoms with Gasteiger partial charge in [0.1, 0.15) is 0 Å². The summed E-state index contributed by atoms with van der Waals surface area (Å²) in [5.41, 5.74) is 1.40. The Morgan fingerprint density at radius 3 is 2.62 bits per heavy atom. The Morgan fingerprint density at radius 1 is 1.08 bits per heavy atom. The molecule has 3 atom stereocenters. The fraction of sp³-hybridized carbons (Fsp3) is 0.524. The highest BCUT2D eigenvalue weighted by Crippen LogP contribution is 2.38. The van der Waals surface area contributed by atoms with E-state index >= 15 is 0 Å². The largest absolute Gasteiger partial charge is 0.331 e. The molecule has 2 aliphatic rings. The molecule has 1 aromatic carbocycles. The summed E-state index contributed by atoms with van der Waals surface area (Å²) in [7, 11) is 4.13. The van der Waals surface area contributed by atoms with Crippen molar-refractivity contribution in [3.05, 3.63) is 54.1 Å². The molecular formula is C21H28N4O. The molecule has 4 rings (SSSR count). The normalized spacial score (nSPS) is 27.0. The van der Waals surface area contributed by atoms with Gasteiger partial charge in [-0.05, 0) is 38.4 Å². The van der Waals surface area contributed by atoms with Crippen LogP contribution in [0.5, 0.6) is 0 Å². The van der Waals surface area contributed by atoms with Crippen LogP contribution in [0, 0.1) is 0 Å². The predicted octanol–water partition coefficient (Wildman–Crippen LogP) is 2.90. The average Bonchev–Trinajstić information content (AvgIpc) is 3.00. The zero-order valence-corrected chi connectivity index (χ0v) is 15.7. The zero-order valence-electron chi connectivity index (χ0n) is 15.7. The van der Waals surface area contributed by atoms with E-state index in [1.807, 2.05) is 17.8 Å². The van der Waals surface area contributed by atoms with Crippen molar-refractivity contribution in [3.63, 3.8) is 0 Å². The van der Waals surface area contributed by atoms with Crippen LogP contribution < -0.4 is 0 Å². The molecule has 5 heteroatoms. The second-order valence-corrected chi connectivity index (χ2v) is 7.70. The maximum absolute atomic E-state index is 13.2. The molecular weight excluding hydrogens is 324 g/mol. The van der Waals surface area contributed by atoms with Gasteiger partial charge < -0.3 is 14.4 Å². The van der Waals surface area contributed by atoms with Gasteiger partial charge in [0.2, 0.25) is 0 Å². The molecule has 1 amide bonds. The Morgan fingerprint density at radius 2 is 1.88 bits per heavy atom. The van der Waals surface area contributed by atoms with E-state index < -0.39 is 0 Å². The molecule has 5 nitrogen and oxygen atoms in total. The van der Waals surface area contributed by atoms with Crippen molar-refractivity contribution in [2.24, 2.45) is 7.05 Å². The Kier molecular flexibility index (Phi) is 4.81. The van der Waals surface area contributed by atoms with Crippen LogP contribution >= 0.6 is 0 Å². The van der Waals surface area contributed by atoms with E-state index in [1.165, 1.54) is 18.4 Å². The number of carbonyl (C=O) groups is 1. The smallest absolute Gasteiger partial charge is 0.290 e. The van der Waals surface area contributed by atoms with Crippen LogP contribution in [0.25, 0.3) is 0 Å². The first-order valence-electron chi connectivity index (χ1n) is 9.70. The number of carbonyl (C=O) groups excluding carboxylic acids is 1. The number of aromatic nitrogens is 2. The van der Waals surface area contributed by atoms with Gasteiger partial charge in [0.05, 0.1) is 0 Å². The van der Waals surface area contributed by atoms with Crippen LogP contribution in [0.3, 0.4) is 0 Å². The standard InChI is InChI=1S/C21H28N4O/c1-23-13-7-6-10-18-19(23)17(16-8-4-3-5-9-16)11-14-25(18)21(26)20-22-12-15-24(20)2/h3-5,8-9,12,15,17-19H,6-7,10-11,13-14H2,1-2H3/t17-,18-,19-/m1/s1. The third-order valence-corrected chi connectivity index (χ3v) is 6.16. The minimum Gasteiger partial charge on any atom is -0.331 e. The van der Waals surface area contributed by atoms with Crippen molar-refractivity contribution in [1.82, 2.24) is 19.4 Å². The fourth-order valence-electron chi connectivity index (χ4n) is 4.87. The molecule has 2 aromatic rings. The van der Waals surface area contributed by atoms with Crippen molar-refractivity contribution in [3.8, 4) is 0 Å². The van der Waals surface area contributed by atoms with Gasteiger partial charge in [0.25, 0.3) is 5.91 Å². The summed E-state index contributed by atoms with van der Waals surface area (Å²) in [4.78, 5) is 22.1. The Labute approximate surface area is 155 Å². The molecule has 26 heavy (non-hydrogen) atoms. The Hall–Kier alpha value is -2.14. The van der Waals surface area contributed by atoms with Gasteiger partial charge in [-0.25, -0.2) is 4.98 Å². The van der Waals surface area contributed by atoms with E-state index in [1.54, 1.807) is 6.20 Å². The second-order valence-electron chi connectivity index (χ2n) is 7.70. The fourth-order valence-corrected chi connectivity index (χ4v) is 4.87. The van der Waals surface area contributed by atoms with Crippen molar-refractivity contribution in [1.29, 1.82) is 0 Å². The van der Waals surface area contributed by atoms with Crippen LogP contribution in [-0.4, -0.2) is 57.5 Å². The number of hydrogen-bond donors (Lipinski definition) is 0. The number of amides is 1. The summed E-state index contributed by atoms with van der Waals surface area (Å²) in [6.07, 6.45) is 8.02. The van der Waals surface area contributed by atoms with Crippen LogP contribution in [0.2, 0.25) is 0 Å². The van der Waals surface area contributed by atoms with Crippen molar-refractivity contribution in [2.75, 3.05) is 20.1 Å². The van der Waals surface area contributed by atoms with E-state index in [4.69, 9.17) is 0 Å². The molecule has 0 saturated carbocycles. The number of benzene rings is 1. The first-order valence-corrected chi connectivity index (χ1v) is 9.70. The van der Waals surface area contributed by atoms with Crippen LogP contribution in [0.15, 0.2) is 42.7 Å². The molecule has 0 bridgehead atoms. The Balaban J connectivity index is 1.68. The molecule has 138 valence electrons. The maximum Gasteiger partial charge on any atom is 0.290 e. The van der Waals surface area contributed by atoms with Crippen LogP contribution in [0.1, 0.15) is 47.8 Å². The van der Waals surface area contributed by atoms with Gasteiger partial charge >= 0.3 is 0 Å². The van der Waals surface area contributed by atoms with Gasteiger partial charge in [0, 0.05) is 44.0 Å². The van der Waals surface area contributed by atoms with Crippen LogP contribution in [-0.2, 0) is 7.05 Å². The van der Waals surface area contributed by atoms with Crippen molar-refractivity contribution in [2.45, 2.75) is 43.7 Å². The summed E-state index contributed by atoms with van der Waals surface area (Å²) in [5, 5.41) is 0. The number of fused-ring (bicyclic) bond motifs is 1. The lowest BCUT2D eigenvalue weighted by molar-refractivity contribution is 0.0306. The molecule has 2 saturated heterocycles. The highest BCUT2D eigenvalue weighted by Gasteiger charge is 2.43. The summed E-state index contributed by atoms with van der Waals surface area (Å²) in [6, 6.07) is 11.5. The molecule has 2 aliphatic heterocycles. The maximum atomic E-state index is 13.2. The molecule has 2 fully saturated rings. The number of rotatable bonds is 2. The first kappa shape index (κ1) is 17.3. The zero-order chi connectivity index (χ0) is 18.1. The quantitative estimate of drug-likeness (QED) is 0.834. The SMILES string of the molecule is CN1CCCC[C@@H]2[C@H]1[C@@H](c1ccccc1)CCN2C(=O)c1nccn1C. The molecule has 0 aliphatic carbocycles. The molecule has 3 heterocycles. The van der Waals surface area contributed by atoms with Gasteiger partial charge in [-0.15, -0.1) is 0 Å². The lowest BCUT2D eigenvalue weighted by Gasteiger charge is -2.48. The van der Waals surface area contributed by atoms with E-state index in [2.05, 4.69) is 52.2 Å². The molecule has 1 aromatic heterocycles. The molecule has 0 N–H and O–H groups in total. The van der Waals surface area contributed by atoms with E-state index in [-0.39, 0.29) is 11.9 Å². The second kappa shape index (κ2) is 7.23. The molecule has 0 radical (unpaired) electrons. The van der Waals surface area contributed by atoms with E-state index in [9.17, 15) is 4.79 Å². The minimum absolute atomic E-state index is 0.0781. The van der Waals surface area contributed by atoms with Gasteiger partial charge in [-0.2, -0.15) is 0 Å². The highest BCUT2D eigenvalue weighted by molar-refractivity contribution is 5.91. The first-order chi connectivity index (χ1) is 12.7. The number of piperidine rings is 1. The van der Waals surface area contributed by atoms with Crippen molar-refractivity contribution >= 4 is 5.91 Å². The summed E-state index contributed by atoms with van der Waals surface area (Å²) in [5.74, 6) is 1.11.